The van der Waals surface area contributed by atoms with E-state index in [4.69, 9.17) is 0 Å². The van der Waals surface area contributed by atoms with Gasteiger partial charge in [-0.15, -0.1) is 0 Å². The summed E-state index contributed by atoms with van der Waals surface area (Å²) in [7, 11) is 0. The van der Waals surface area contributed by atoms with Gasteiger partial charge in [0.1, 0.15) is 6.04 Å². The first-order valence-corrected chi connectivity index (χ1v) is 3.22. The van der Waals surface area contributed by atoms with E-state index >= 15 is 0 Å². The van der Waals surface area contributed by atoms with Gasteiger partial charge < -0.3 is 0 Å². The van der Waals surface area contributed by atoms with Crippen molar-refractivity contribution >= 4 is 0 Å². The quantitative estimate of drug-likeness (QED) is 0.573. The van der Waals surface area contributed by atoms with Crippen molar-refractivity contribution in [3.8, 4) is 0 Å². The molecule has 0 amide bonds. The van der Waals surface area contributed by atoms with E-state index in [0.29, 0.717) is 0 Å². The van der Waals surface area contributed by atoms with E-state index in [0.717, 1.165) is 5.56 Å². The van der Waals surface area contributed by atoms with E-state index < -0.39 is 0 Å². The third kappa shape index (κ3) is 1.41. The van der Waals surface area contributed by atoms with Crippen LogP contribution in [0.1, 0.15) is 18.5 Å². The molecule has 0 heterocycles. The Labute approximate surface area is 59.9 Å². The summed E-state index contributed by atoms with van der Waals surface area (Å²) in [6, 6.07) is 9.29. The van der Waals surface area contributed by atoms with Crippen LogP contribution in [0.5, 0.6) is 0 Å². The van der Waals surface area contributed by atoms with Gasteiger partial charge in [0.05, 0.1) is 0 Å². The van der Waals surface area contributed by atoms with Crippen LogP contribution in [0, 0.1) is 4.91 Å². The average molecular weight is 135 g/mol. The van der Waals surface area contributed by atoms with Crippen LogP contribution in [-0.4, -0.2) is 0 Å². The Bertz CT molecular complexity index is 208. The molecule has 1 aromatic rings. The van der Waals surface area contributed by atoms with Gasteiger partial charge in [0, 0.05) is 0 Å². The van der Waals surface area contributed by atoms with Crippen LogP contribution in [0.4, 0.5) is 0 Å². The third-order valence-corrected chi connectivity index (χ3v) is 1.44. The molecule has 10 heavy (non-hydrogen) atoms. The van der Waals surface area contributed by atoms with Crippen molar-refractivity contribution in [3.63, 3.8) is 0 Å². The summed E-state index contributed by atoms with van der Waals surface area (Å²) in [6.45, 7) is 1.78. The average Bonchev–Trinajstić information content (AvgIpc) is 2.05. The summed E-state index contributed by atoms with van der Waals surface area (Å²) in [5.41, 5.74) is 0.970. The van der Waals surface area contributed by atoms with E-state index in [1.807, 2.05) is 30.3 Å². The first-order chi connectivity index (χ1) is 4.84. The van der Waals surface area contributed by atoms with Gasteiger partial charge in [-0.1, -0.05) is 35.5 Å². The summed E-state index contributed by atoms with van der Waals surface area (Å²) in [6.07, 6.45) is 0. The molecular weight excluding hydrogens is 126 g/mol. The molecule has 0 bridgehead atoms. The third-order valence-electron chi connectivity index (χ3n) is 1.44. The van der Waals surface area contributed by atoms with E-state index in [1.165, 1.54) is 0 Å². The standard InChI is InChI=1S/C8H9NO/c1-7(9-10)8-5-3-2-4-6-8/h2-7H,1H3/t7-/m0/s1. The SMILES string of the molecule is C[C@H](N=O)c1ccccc1. The highest BCUT2D eigenvalue weighted by Crippen LogP contribution is 2.14. The van der Waals surface area contributed by atoms with E-state index in [-0.39, 0.29) is 6.04 Å². The fourth-order valence-electron chi connectivity index (χ4n) is 0.792. The Morgan fingerprint density at radius 1 is 1.30 bits per heavy atom. The van der Waals surface area contributed by atoms with Gasteiger partial charge in [-0.25, -0.2) is 0 Å². The van der Waals surface area contributed by atoms with Crippen molar-refractivity contribution < 1.29 is 0 Å². The summed E-state index contributed by atoms with van der Waals surface area (Å²) in [4.78, 5) is 10.1. The molecule has 0 saturated heterocycles. The van der Waals surface area contributed by atoms with Gasteiger partial charge in [0.15, 0.2) is 0 Å². The number of nitrogens with zero attached hydrogens (tertiary/aromatic N) is 1. The lowest BCUT2D eigenvalue weighted by Gasteiger charge is -1.99. The Kier molecular flexibility index (Phi) is 2.15. The summed E-state index contributed by atoms with van der Waals surface area (Å²) < 4.78 is 0. The fourth-order valence-corrected chi connectivity index (χ4v) is 0.792. The molecule has 1 atom stereocenters. The fraction of sp³-hybridized carbons (Fsp3) is 0.250. The monoisotopic (exact) mass is 135 g/mol. The highest BCUT2D eigenvalue weighted by Gasteiger charge is 2.00. The maximum atomic E-state index is 10.1. The summed E-state index contributed by atoms with van der Waals surface area (Å²) in [5, 5.41) is 2.91. The highest BCUT2D eigenvalue weighted by atomic mass is 16.3. The van der Waals surface area contributed by atoms with Crippen LogP contribution in [0.2, 0.25) is 0 Å². The molecule has 1 rings (SSSR count). The van der Waals surface area contributed by atoms with Gasteiger partial charge in [0.2, 0.25) is 0 Å². The molecule has 0 unspecified atom stereocenters. The Morgan fingerprint density at radius 2 is 1.90 bits per heavy atom. The normalized spacial score (nSPS) is 12.5. The highest BCUT2D eigenvalue weighted by molar-refractivity contribution is 5.17. The zero-order chi connectivity index (χ0) is 7.40. The first-order valence-electron chi connectivity index (χ1n) is 3.22. The van der Waals surface area contributed by atoms with Gasteiger partial charge in [-0.05, 0) is 12.5 Å². The molecular formula is C8H9NO. The maximum absolute atomic E-state index is 10.1. The lowest BCUT2D eigenvalue weighted by Crippen LogP contribution is -1.85. The number of nitroso groups, excluding NO2 is 1. The van der Waals surface area contributed by atoms with Crippen molar-refractivity contribution in [1.29, 1.82) is 0 Å². The number of benzene rings is 1. The molecule has 0 N–H and O–H groups in total. The zero-order valence-corrected chi connectivity index (χ0v) is 5.82. The number of rotatable bonds is 2. The van der Waals surface area contributed by atoms with Gasteiger partial charge in [0.25, 0.3) is 0 Å². The largest absolute Gasteiger partial charge is 0.150 e. The van der Waals surface area contributed by atoms with Gasteiger partial charge in [-0.3, -0.25) is 0 Å². The van der Waals surface area contributed by atoms with Gasteiger partial charge in [-0.2, -0.15) is 4.91 Å². The molecule has 0 radical (unpaired) electrons. The topological polar surface area (TPSA) is 29.4 Å². The van der Waals surface area contributed by atoms with Crippen molar-refractivity contribution in [2.75, 3.05) is 0 Å². The number of hydrogen-bond acceptors (Lipinski definition) is 2. The second-order valence-electron chi connectivity index (χ2n) is 2.19. The van der Waals surface area contributed by atoms with E-state index in [9.17, 15) is 4.91 Å². The first kappa shape index (κ1) is 6.93. The second kappa shape index (κ2) is 3.11. The smallest absolute Gasteiger partial charge is 0.114 e. The zero-order valence-electron chi connectivity index (χ0n) is 5.82. The lowest BCUT2D eigenvalue weighted by molar-refractivity contribution is 0.811. The van der Waals surface area contributed by atoms with Crippen molar-refractivity contribution in [2.24, 2.45) is 5.18 Å². The molecule has 2 nitrogen and oxygen atoms in total. The second-order valence-corrected chi connectivity index (χ2v) is 2.19. The molecule has 0 spiro atoms. The van der Waals surface area contributed by atoms with Crippen LogP contribution in [0.15, 0.2) is 35.5 Å². The molecule has 0 aliphatic heterocycles. The predicted octanol–water partition coefficient (Wildman–Crippen LogP) is 2.51. The minimum absolute atomic E-state index is 0.221. The minimum Gasteiger partial charge on any atom is -0.150 e. The van der Waals surface area contributed by atoms with E-state index in [2.05, 4.69) is 5.18 Å². The molecule has 0 aliphatic rings. The molecule has 1 aromatic carbocycles. The van der Waals surface area contributed by atoms with Crippen LogP contribution in [-0.2, 0) is 0 Å². The van der Waals surface area contributed by atoms with Gasteiger partial charge >= 0.3 is 0 Å². The molecule has 2 heteroatoms. The number of hydrogen-bond donors (Lipinski definition) is 0. The van der Waals surface area contributed by atoms with Crippen LogP contribution in [0.3, 0.4) is 0 Å². The molecule has 0 aliphatic carbocycles. The van der Waals surface area contributed by atoms with Crippen molar-refractivity contribution in [3.05, 3.63) is 40.8 Å². The van der Waals surface area contributed by atoms with Crippen LogP contribution < -0.4 is 0 Å². The predicted molar refractivity (Wildman–Crippen MR) is 40.7 cm³/mol. The Hall–Kier alpha value is -1.18. The molecule has 0 aromatic heterocycles. The Morgan fingerprint density at radius 3 is 2.40 bits per heavy atom. The van der Waals surface area contributed by atoms with E-state index in [1.54, 1.807) is 6.92 Å². The van der Waals surface area contributed by atoms with Crippen LogP contribution in [0.25, 0.3) is 0 Å². The van der Waals surface area contributed by atoms with Crippen molar-refractivity contribution in [1.82, 2.24) is 0 Å². The molecule has 0 saturated carbocycles. The lowest BCUT2D eigenvalue weighted by atomic mass is 10.1. The Balaban J connectivity index is 2.84. The van der Waals surface area contributed by atoms with Crippen LogP contribution >= 0.6 is 0 Å². The molecule has 0 fully saturated rings. The molecule has 52 valence electrons. The minimum atomic E-state index is -0.221. The summed E-state index contributed by atoms with van der Waals surface area (Å²) >= 11 is 0. The summed E-state index contributed by atoms with van der Waals surface area (Å²) in [5.74, 6) is 0. The van der Waals surface area contributed by atoms with Crippen molar-refractivity contribution in [2.45, 2.75) is 13.0 Å². The maximum Gasteiger partial charge on any atom is 0.114 e.